The van der Waals surface area contributed by atoms with E-state index in [4.69, 9.17) is 5.11 Å². The number of anilines is 1. The van der Waals surface area contributed by atoms with Crippen LogP contribution in [0.5, 0.6) is 0 Å². The van der Waals surface area contributed by atoms with Gasteiger partial charge in [-0.2, -0.15) is 0 Å². The van der Waals surface area contributed by atoms with Crippen molar-refractivity contribution in [3.05, 3.63) is 65.2 Å². The zero-order valence-corrected chi connectivity index (χ0v) is 12.5. The van der Waals surface area contributed by atoms with Crippen LogP contribution in [0.15, 0.2) is 48.5 Å². The van der Waals surface area contributed by atoms with Crippen LogP contribution < -0.4 is 5.32 Å². The largest absolute Gasteiger partial charge is 0.396 e. The third-order valence-corrected chi connectivity index (χ3v) is 3.56. The predicted octanol–water partition coefficient (Wildman–Crippen LogP) is 3.27. The van der Waals surface area contributed by atoms with Gasteiger partial charge in [0, 0.05) is 12.3 Å². The Balaban J connectivity index is 2.03. The molecule has 0 saturated carbocycles. The van der Waals surface area contributed by atoms with E-state index in [1.54, 1.807) is 0 Å². The van der Waals surface area contributed by atoms with Gasteiger partial charge in [0.15, 0.2) is 0 Å². The third kappa shape index (κ3) is 4.17. The van der Waals surface area contributed by atoms with Crippen molar-refractivity contribution in [1.29, 1.82) is 0 Å². The number of rotatable bonds is 5. The van der Waals surface area contributed by atoms with E-state index in [1.165, 1.54) is 0 Å². The van der Waals surface area contributed by atoms with E-state index in [2.05, 4.69) is 5.32 Å². The summed E-state index contributed by atoms with van der Waals surface area (Å²) in [7, 11) is 0. The Bertz CT molecular complexity index is 605. The van der Waals surface area contributed by atoms with Crippen LogP contribution in [0.25, 0.3) is 0 Å². The van der Waals surface area contributed by atoms with Gasteiger partial charge in [0.05, 0.1) is 5.92 Å². The van der Waals surface area contributed by atoms with Gasteiger partial charge in [-0.25, -0.2) is 0 Å². The quantitative estimate of drug-likeness (QED) is 0.884. The minimum Gasteiger partial charge on any atom is -0.396 e. The van der Waals surface area contributed by atoms with Crippen molar-refractivity contribution in [2.75, 3.05) is 11.9 Å². The van der Waals surface area contributed by atoms with Crippen LogP contribution in [0.2, 0.25) is 0 Å². The van der Waals surface area contributed by atoms with Crippen molar-refractivity contribution in [2.45, 2.75) is 26.2 Å². The van der Waals surface area contributed by atoms with Crippen LogP contribution in [0.1, 0.15) is 29.5 Å². The first-order chi connectivity index (χ1) is 10.1. The van der Waals surface area contributed by atoms with E-state index >= 15 is 0 Å². The van der Waals surface area contributed by atoms with Gasteiger partial charge in [0.25, 0.3) is 0 Å². The Labute approximate surface area is 125 Å². The molecule has 2 aromatic carbocycles. The number of hydrogen-bond acceptors (Lipinski definition) is 2. The van der Waals surface area contributed by atoms with Gasteiger partial charge in [0.2, 0.25) is 5.91 Å². The van der Waals surface area contributed by atoms with Crippen molar-refractivity contribution >= 4 is 11.6 Å². The maximum Gasteiger partial charge on any atom is 0.231 e. The summed E-state index contributed by atoms with van der Waals surface area (Å²) in [6.45, 7) is 4.06. The second-order valence-corrected chi connectivity index (χ2v) is 5.30. The fourth-order valence-corrected chi connectivity index (χ4v) is 2.23. The summed E-state index contributed by atoms with van der Waals surface area (Å²) in [4.78, 5) is 12.3. The molecular weight excluding hydrogens is 262 g/mol. The lowest BCUT2D eigenvalue weighted by atomic mass is 9.98. The predicted molar refractivity (Wildman–Crippen MR) is 85.5 cm³/mol. The molecule has 0 fully saturated rings. The number of amides is 1. The molecule has 0 aliphatic carbocycles. The summed E-state index contributed by atoms with van der Waals surface area (Å²) >= 11 is 0. The molecule has 0 aromatic heterocycles. The zero-order valence-electron chi connectivity index (χ0n) is 12.5. The lowest BCUT2D eigenvalue weighted by Gasteiger charge is -2.13. The molecule has 1 atom stereocenters. The molecule has 0 aliphatic heterocycles. The Morgan fingerprint density at radius 2 is 1.90 bits per heavy atom. The van der Waals surface area contributed by atoms with Gasteiger partial charge in [-0.15, -0.1) is 0 Å². The Hall–Kier alpha value is -2.13. The number of carbonyl (C=O) groups is 1. The maximum atomic E-state index is 12.3. The molecule has 0 radical (unpaired) electrons. The smallest absolute Gasteiger partial charge is 0.231 e. The number of aliphatic hydroxyl groups excluding tert-OH is 1. The fourth-order valence-electron chi connectivity index (χ4n) is 2.23. The van der Waals surface area contributed by atoms with E-state index in [0.29, 0.717) is 6.42 Å². The molecular formula is C18H21NO2. The first-order valence-corrected chi connectivity index (χ1v) is 7.17. The number of aliphatic hydroxyl groups is 1. The number of benzene rings is 2. The molecule has 0 spiro atoms. The summed E-state index contributed by atoms with van der Waals surface area (Å²) in [6, 6.07) is 15.6. The number of carbonyl (C=O) groups excluding carboxylic acids is 1. The zero-order chi connectivity index (χ0) is 15.2. The molecule has 2 N–H and O–H groups in total. The van der Waals surface area contributed by atoms with Crippen LogP contribution >= 0.6 is 0 Å². The minimum atomic E-state index is -0.193. The van der Waals surface area contributed by atoms with Crippen LogP contribution in [-0.2, 0) is 11.2 Å². The first-order valence-electron chi connectivity index (χ1n) is 7.17. The average Bonchev–Trinajstić information content (AvgIpc) is 2.48. The van der Waals surface area contributed by atoms with Gasteiger partial charge in [0.1, 0.15) is 0 Å². The van der Waals surface area contributed by atoms with Crippen molar-refractivity contribution in [1.82, 2.24) is 0 Å². The Morgan fingerprint density at radius 3 is 2.52 bits per heavy atom. The minimum absolute atomic E-state index is 0.0180. The van der Waals surface area contributed by atoms with Crippen molar-refractivity contribution in [3.8, 4) is 0 Å². The number of aryl methyl sites for hydroxylation is 1. The lowest BCUT2D eigenvalue weighted by Crippen LogP contribution is -2.18. The van der Waals surface area contributed by atoms with E-state index < -0.39 is 0 Å². The highest BCUT2D eigenvalue weighted by molar-refractivity contribution is 5.95. The van der Waals surface area contributed by atoms with Crippen LogP contribution in [-0.4, -0.2) is 17.6 Å². The van der Waals surface area contributed by atoms with Gasteiger partial charge in [-0.1, -0.05) is 42.0 Å². The molecule has 2 aromatic rings. The molecule has 21 heavy (non-hydrogen) atoms. The highest BCUT2D eigenvalue weighted by Gasteiger charge is 2.15. The highest BCUT2D eigenvalue weighted by atomic mass is 16.2. The molecule has 3 heteroatoms. The molecule has 1 unspecified atom stereocenters. The first kappa shape index (κ1) is 15.3. The summed E-state index contributed by atoms with van der Waals surface area (Å²) in [5, 5.41) is 11.8. The van der Waals surface area contributed by atoms with Crippen molar-refractivity contribution < 1.29 is 9.90 Å². The monoisotopic (exact) mass is 283 g/mol. The van der Waals surface area contributed by atoms with E-state index in [9.17, 15) is 4.79 Å². The standard InChI is InChI=1S/C18H21NO2/c1-13-4-3-5-16(12-13)14(2)18(21)19-17-8-6-15(7-9-17)10-11-20/h3-9,12,14,20H,10-11H2,1-2H3,(H,19,21). The van der Waals surface area contributed by atoms with Crippen LogP contribution in [0.3, 0.4) is 0 Å². The number of hydrogen-bond donors (Lipinski definition) is 2. The summed E-state index contributed by atoms with van der Waals surface area (Å²) in [5.74, 6) is -0.211. The highest BCUT2D eigenvalue weighted by Crippen LogP contribution is 2.19. The van der Waals surface area contributed by atoms with Gasteiger partial charge < -0.3 is 10.4 Å². The van der Waals surface area contributed by atoms with Gasteiger partial charge in [-0.05, 0) is 43.5 Å². The molecule has 1 amide bonds. The fraction of sp³-hybridized carbons (Fsp3) is 0.278. The Morgan fingerprint density at radius 1 is 1.19 bits per heavy atom. The SMILES string of the molecule is Cc1cccc(C(C)C(=O)Nc2ccc(CCO)cc2)c1. The molecule has 0 saturated heterocycles. The van der Waals surface area contributed by atoms with E-state index in [-0.39, 0.29) is 18.4 Å². The topological polar surface area (TPSA) is 49.3 Å². The molecule has 110 valence electrons. The molecule has 3 nitrogen and oxygen atoms in total. The third-order valence-electron chi connectivity index (χ3n) is 3.56. The second-order valence-electron chi connectivity index (χ2n) is 5.30. The molecule has 2 rings (SSSR count). The lowest BCUT2D eigenvalue weighted by molar-refractivity contribution is -0.117. The van der Waals surface area contributed by atoms with Gasteiger partial charge >= 0.3 is 0 Å². The van der Waals surface area contributed by atoms with Crippen LogP contribution in [0.4, 0.5) is 5.69 Å². The van der Waals surface area contributed by atoms with Crippen molar-refractivity contribution in [3.63, 3.8) is 0 Å². The second kappa shape index (κ2) is 7.04. The summed E-state index contributed by atoms with van der Waals surface area (Å²) < 4.78 is 0. The van der Waals surface area contributed by atoms with Crippen molar-refractivity contribution in [2.24, 2.45) is 0 Å². The normalized spacial score (nSPS) is 12.0. The Kier molecular flexibility index (Phi) is 5.12. The van der Waals surface area contributed by atoms with E-state index in [1.807, 2.05) is 62.4 Å². The molecule has 0 aliphatic rings. The average molecular weight is 283 g/mol. The summed E-state index contributed by atoms with van der Waals surface area (Å²) in [6.07, 6.45) is 0.633. The maximum absolute atomic E-state index is 12.3. The van der Waals surface area contributed by atoms with Crippen LogP contribution in [0, 0.1) is 6.92 Å². The molecule has 0 heterocycles. The number of nitrogens with one attached hydrogen (secondary N) is 1. The molecule has 0 bridgehead atoms. The van der Waals surface area contributed by atoms with Gasteiger partial charge in [-0.3, -0.25) is 4.79 Å². The summed E-state index contributed by atoms with van der Waals surface area (Å²) in [5.41, 5.74) is 4.01. The van der Waals surface area contributed by atoms with E-state index in [0.717, 1.165) is 22.4 Å².